The van der Waals surface area contributed by atoms with Crippen LogP contribution >= 0.6 is 0 Å². The van der Waals surface area contributed by atoms with E-state index in [1.807, 2.05) is 0 Å². The van der Waals surface area contributed by atoms with E-state index in [0.717, 1.165) is 25.7 Å². The van der Waals surface area contributed by atoms with E-state index < -0.39 is 0 Å². The van der Waals surface area contributed by atoms with E-state index in [2.05, 4.69) is 10.5 Å². The Morgan fingerprint density at radius 1 is 1.25 bits per heavy atom. The third kappa shape index (κ3) is 4.01. The van der Waals surface area contributed by atoms with Gasteiger partial charge in [-0.3, -0.25) is 9.59 Å². The smallest absolute Gasteiger partial charge is 0.273 e. The summed E-state index contributed by atoms with van der Waals surface area (Å²) in [7, 11) is 0. The largest absolute Gasteiger partial charge is 0.486 e. The van der Waals surface area contributed by atoms with Gasteiger partial charge in [-0.25, -0.2) is 0 Å². The van der Waals surface area contributed by atoms with Gasteiger partial charge in [0, 0.05) is 17.7 Å². The molecule has 126 valence electrons. The third-order valence-corrected chi connectivity index (χ3v) is 4.12. The first kappa shape index (κ1) is 16.2. The minimum Gasteiger partial charge on any atom is -0.486 e. The monoisotopic (exact) mass is 328 g/mol. The summed E-state index contributed by atoms with van der Waals surface area (Å²) in [6.45, 7) is 1.69. The van der Waals surface area contributed by atoms with Crippen molar-refractivity contribution in [1.82, 2.24) is 10.5 Å². The van der Waals surface area contributed by atoms with Gasteiger partial charge >= 0.3 is 0 Å². The van der Waals surface area contributed by atoms with E-state index in [4.69, 9.17) is 9.26 Å². The number of hydrogen-bond donors (Lipinski definition) is 1. The molecule has 6 nitrogen and oxygen atoms in total. The molecule has 1 aromatic carbocycles. The van der Waals surface area contributed by atoms with Gasteiger partial charge in [-0.2, -0.15) is 0 Å². The molecule has 1 aliphatic rings. The van der Waals surface area contributed by atoms with Crippen LogP contribution in [0.5, 0.6) is 5.75 Å². The van der Waals surface area contributed by atoms with Crippen LogP contribution < -0.4 is 10.1 Å². The Kier molecular flexibility index (Phi) is 4.93. The van der Waals surface area contributed by atoms with Crippen LogP contribution in [0.25, 0.3) is 0 Å². The highest BCUT2D eigenvalue weighted by Crippen LogP contribution is 2.18. The maximum atomic E-state index is 12.1. The number of nitrogens with one attached hydrogen (secondary N) is 1. The number of ether oxygens (including phenoxy) is 1. The number of hydrogen-bond acceptors (Lipinski definition) is 5. The summed E-state index contributed by atoms with van der Waals surface area (Å²) < 4.78 is 10.7. The lowest BCUT2D eigenvalue weighted by atomic mass is 10.1. The molecule has 1 aromatic heterocycles. The molecule has 1 heterocycles. The molecule has 0 radical (unpaired) electrons. The maximum absolute atomic E-state index is 12.1. The number of ketones is 1. The molecule has 1 amide bonds. The molecule has 6 heteroatoms. The van der Waals surface area contributed by atoms with Gasteiger partial charge in [0.1, 0.15) is 12.4 Å². The van der Waals surface area contributed by atoms with Gasteiger partial charge in [0.25, 0.3) is 5.91 Å². The van der Waals surface area contributed by atoms with E-state index in [-0.39, 0.29) is 30.0 Å². The molecule has 0 spiro atoms. The molecule has 3 rings (SSSR count). The van der Waals surface area contributed by atoms with Crippen LogP contribution in [0, 0.1) is 0 Å². The predicted molar refractivity (Wildman–Crippen MR) is 87.0 cm³/mol. The lowest BCUT2D eigenvalue weighted by Crippen LogP contribution is -2.32. The summed E-state index contributed by atoms with van der Waals surface area (Å²) in [6, 6.07) is 8.70. The normalized spacial score (nSPS) is 14.5. The number of Topliss-reactive ketones (excluding diaryl/α,β-unsaturated/α-hetero) is 1. The van der Waals surface area contributed by atoms with Gasteiger partial charge in [-0.15, -0.1) is 0 Å². The number of carbonyl (C=O) groups excluding carboxylic acids is 2. The zero-order valence-corrected chi connectivity index (χ0v) is 13.6. The second-order valence-corrected chi connectivity index (χ2v) is 6.00. The Morgan fingerprint density at radius 2 is 1.96 bits per heavy atom. The quantitative estimate of drug-likeness (QED) is 0.824. The Balaban J connectivity index is 1.53. The van der Waals surface area contributed by atoms with Crippen LogP contribution in [0.1, 0.15) is 59.2 Å². The van der Waals surface area contributed by atoms with Gasteiger partial charge in [0.05, 0.1) is 0 Å². The van der Waals surface area contributed by atoms with Crippen LogP contribution in [-0.2, 0) is 6.61 Å². The van der Waals surface area contributed by atoms with Crippen molar-refractivity contribution in [2.24, 2.45) is 0 Å². The van der Waals surface area contributed by atoms with Crippen LogP contribution in [0.2, 0.25) is 0 Å². The summed E-state index contributed by atoms with van der Waals surface area (Å²) in [5, 5.41) is 6.76. The first-order valence-electron chi connectivity index (χ1n) is 8.12. The van der Waals surface area contributed by atoms with E-state index in [9.17, 15) is 9.59 Å². The molecular formula is C18H20N2O4. The van der Waals surface area contributed by atoms with Crippen molar-refractivity contribution in [1.29, 1.82) is 0 Å². The molecule has 0 saturated heterocycles. The molecule has 1 fully saturated rings. The van der Waals surface area contributed by atoms with Crippen LogP contribution in [0.3, 0.4) is 0 Å². The lowest BCUT2D eigenvalue weighted by molar-refractivity contribution is 0.0927. The number of rotatable bonds is 6. The molecule has 0 bridgehead atoms. The zero-order valence-electron chi connectivity index (χ0n) is 13.6. The topological polar surface area (TPSA) is 81.4 Å². The number of amides is 1. The molecule has 0 atom stereocenters. The van der Waals surface area contributed by atoms with Crippen molar-refractivity contribution in [2.75, 3.05) is 0 Å². The van der Waals surface area contributed by atoms with Crippen molar-refractivity contribution in [3.63, 3.8) is 0 Å². The highest BCUT2D eigenvalue weighted by Gasteiger charge is 2.20. The second-order valence-electron chi connectivity index (χ2n) is 6.00. The van der Waals surface area contributed by atoms with Crippen molar-refractivity contribution in [3.8, 4) is 5.75 Å². The Labute approximate surface area is 140 Å². The number of carbonyl (C=O) groups is 2. The van der Waals surface area contributed by atoms with Gasteiger partial charge in [-0.05, 0) is 44.0 Å². The van der Waals surface area contributed by atoms with Crippen molar-refractivity contribution >= 4 is 11.7 Å². The minimum atomic E-state index is -0.206. The highest BCUT2D eigenvalue weighted by atomic mass is 16.5. The molecule has 0 unspecified atom stereocenters. The molecule has 2 aromatic rings. The minimum absolute atomic E-state index is 0.00898. The average Bonchev–Trinajstić information content (AvgIpc) is 3.25. The summed E-state index contributed by atoms with van der Waals surface area (Å²) in [6.07, 6.45) is 4.36. The fourth-order valence-electron chi connectivity index (χ4n) is 2.76. The SMILES string of the molecule is CC(=O)c1ccc(OCc2cc(C(=O)NC3CCCC3)no2)cc1. The molecule has 0 aliphatic heterocycles. The van der Waals surface area contributed by atoms with Crippen LogP contribution in [0.4, 0.5) is 0 Å². The number of aromatic nitrogens is 1. The average molecular weight is 328 g/mol. The summed E-state index contributed by atoms with van der Waals surface area (Å²) in [4.78, 5) is 23.3. The fourth-order valence-corrected chi connectivity index (χ4v) is 2.76. The fraction of sp³-hybridized carbons (Fsp3) is 0.389. The van der Waals surface area contributed by atoms with Gasteiger partial charge in [0.15, 0.2) is 17.2 Å². The first-order chi connectivity index (χ1) is 11.6. The number of benzene rings is 1. The van der Waals surface area contributed by atoms with E-state index in [1.54, 1.807) is 30.3 Å². The van der Waals surface area contributed by atoms with Gasteiger partial charge < -0.3 is 14.6 Å². The molecule has 1 aliphatic carbocycles. The standard InChI is InChI=1S/C18H20N2O4/c1-12(21)13-6-8-15(9-7-13)23-11-16-10-17(20-24-16)18(22)19-14-4-2-3-5-14/h6-10,14H,2-5,11H2,1H3,(H,19,22). The number of nitrogens with zero attached hydrogens (tertiary/aromatic N) is 1. The Bertz CT molecular complexity index is 715. The second kappa shape index (κ2) is 7.29. The predicted octanol–water partition coefficient (Wildman–Crippen LogP) is 3.13. The first-order valence-corrected chi connectivity index (χ1v) is 8.12. The van der Waals surface area contributed by atoms with Crippen LogP contribution in [-0.4, -0.2) is 22.9 Å². The van der Waals surface area contributed by atoms with Crippen molar-refractivity contribution < 1.29 is 18.8 Å². The lowest BCUT2D eigenvalue weighted by Gasteiger charge is -2.09. The summed E-state index contributed by atoms with van der Waals surface area (Å²) in [5.41, 5.74) is 0.903. The highest BCUT2D eigenvalue weighted by molar-refractivity contribution is 5.94. The molecule has 24 heavy (non-hydrogen) atoms. The van der Waals surface area contributed by atoms with E-state index >= 15 is 0 Å². The van der Waals surface area contributed by atoms with E-state index in [1.165, 1.54) is 6.92 Å². The zero-order chi connectivity index (χ0) is 16.9. The van der Waals surface area contributed by atoms with Gasteiger partial charge in [-0.1, -0.05) is 18.0 Å². The van der Waals surface area contributed by atoms with Gasteiger partial charge in [0.2, 0.25) is 0 Å². The Hall–Kier alpha value is -2.63. The van der Waals surface area contributed by atoms with Crippen molar-refractivity contribution in [3.05, 3.63) is 47.3 Å². The molecule has 1 saturated carbocycles. The summed E-state index contributed by atoms with van der Waals surface area (Å²) >= 11 is 0. The van der Waals surface area contributed by atoms with Crippen LogP contribution in [0.15, 0.2) is 34.9 Å². The van der Waals surface area contributed by atoms with E-state index in [0.29, 0.717) is 17.1 Å². The maximum Gasteiger partial charge on any atom is 0.273 e. The summed E-state index contributed by atoms with van der Waals surface area (Å²) in [5.74, 6) is 0.896. The third-order valence-electron chi connectivity index (χ3n) is 4.12. The molecular weight excluding hydrogens is 308 g/mol. The van der Waals surface area contributed by atoms with Crippen molar-refractivity contribution in [2.45, 2.75) is 45.3 Å². The molecule has 1 N–H and O–H groups in total. The Morgan fingerprint density at radius 3 is 2.62 bits per heavy atom.